The first kappa shape index (κ1) is 19.7. The molecule has 1 aromatic carbocycles. The van der Waals surface area contributed by atoms with Gasteiger partial charge in [0.2, 0.25) is 10.0 Å². The second-order valence-electron chi connectivity index (χ2n) is 6.20. The number of nitrogens with two attached hydrogens (primary N) is 1. The maximum absolute atomic E-state index is 12.0. The summed E-state index contributed by atoms with van der Waals surface area (Å²) in [4.78, 5) is 23.6. The fourth-order valence-corrected chi connectivity index (χ4v) is 3.91. The zero-order chi connectivity index (χ0) is 18.6. The Labute approximate surface area is 151 Å². The van der Waals surface area contributed by atoms with E-state index in [1.54, 1.807) is 0 Å². The van der Waals surface area contributed by atoms with Crippen LogP contribution in [0.4, 0.5) is 0 Å². The molecule has 2 atom stereocenters. The van der Waals surface area contributed by atoms with E-state index >= 15 is 0 Å². The summed E-state index contributed by atoms with van der Waals surface area (Å²) >= 11 is 5.76. The van der Waals surface area contributed by atoms with Crippen LogP contribution >= 0.6 is 11.6 Å². The molecule has 0 heterocycles. The van der Waals surface area contributed by atoms with Gasteiger partial charge in [-0.3, -0.25) is 4.79 Å². The molecular formula is C16H21ClN2O5S. The molecule has 9 heteroatoms. The third-order valence-electron chi connectivity index (χ3n) is 4.27. The Morgan fingerprint density at radius 2 is 2.00 bits per heavy atom. The van der Waals surface area contributed by atoms with Gasteiger partial charge in [-0.2, -0.15) is 0 Å². The fraction of sp³-hybridized carbons (Fsp3) is 0.500. The third kappa shape index (κ3) is 5.42. The Morgan fingerprint density at radius 3 is 2.64 bits per heavy atom. The quantitative estimate of drug-likeness (QED) is 0.746. The van der Waals surface area contributed by atoms with Crippen molar-refractivity contribution >= 4 is 33.5 Å². The Kier molecular flexibility index (Phi) is 6.42. The van der Waals surface area contributed by atoms with E-state index in [-0.39, 0.29) is 27.4 Å². The van der Waals surface area contributed by atoms with E-state index < -0.39 is 22.6 Å². The molecule has 3 N–H and O–H groups in total. The van der Waals surface area contributed by atoms with Crippen molar-refractivity contribution in [2.24, 2.45) is 11.1 Å². The van der Waals surface area contributed by atoms with Crippen LogP contribution in [-0.4, -0.2) is 32.9 Å². The highest BCUT2D eigenvalue weighted by atomic mass is 35.5. The molecule has 0 bridgehead atoms. The Hall–Kier alpha value is -1.64. The van der Waals surface area contributed by atoms with Gasteiger partial charge in [-0.1, -0.05) is 31.4 Å². The summed E-state index contributed by atoms with van der Waals surface area (Å²) in [6, 6.07) is 3.66. The SMILES string of the molecule is C[C@H]1CCCC[C@H]1NC(=O)COC(=O)c1ccc(Cl)c(S(N)(=O)=O)c1. The van der Waals surface area contributed by atoms with Gasteiger partial charge in [-0.15, -0.1) is 0 Å². The predicted molar refractivity (Wildman–Crippen MR) is 92.7 cm³/mol. The van der Waals surface area contributed by atoms with Crippen molar-refractivity contribution in [1.82, 2.24) is 5.32 Å². The summed E-state index contributed by atoms with van der Waals surface area (Å²) < 4.78 is 27.8. The molecule has 0 spiro atoms. The van der Waals surface area contributed by atoms with E-state index in [4.69, 9.17) is 21.5 Å². The summed E-state index contributed by atoms with van der Waals surface area (Å²) in [5.74, 6) is -0.817. The van der Waals surface area contributed by atoms with E-state index in [0.29, 0.717) is 5.92 Å². The number of ether oxygens (including phenoxy) is 1. The third-order valence-corrected chi connectivity index (χ3v) is 5.66. The number of benzene rings is 1. The van der Waals surface area contributed by atoms with Crippen molar-refractivity contribution in [3.63, 3.8) is 0 Å². The Balaban J connectivity index is 1.95. The van der Waals surface area contributed by atoms with E-state index in [1.165, 1.54) is 12.1 Å². The lowest BCUT2D eigenvalue weighted by molar-refractivity contribution is -0.125. The molecule has 1 saturated carbocycles. The molecule has 2 rings (SSSR count). The molecule has 0 aromatic heterocycles. The van der Waals surface area contributed by atoms with Crippen LogP contribution in [0.3, 0.4) is 0 Å². The number of amides is 1. The van der Waals surface area contributed by atoms with E-state index in [1.807, 2.05) is 0 Å². The molecule has 0 radical (unpaired) electrons. The lowest BCUT2D eigenvalue weighted by Gasteiger charge is -2.29. The Bertz CT molecular complexity index is 766. The smallest absolute Gasteiger partial charge is 0.338 e. The maximum atomic E-state index is 12.0. The average Bonchev–Trinajstić information content (AvgIpc) is 2.54. The first-order valence-electron chi connectivity index (χ1n) is 7.97. The van der Waals surface area contributed by atoms with Gasteiger partial charge < -0.3 is 10.1 Å². The van der Waals surface area contributed by atoms with Gasteiger partial charge in [-0.05, 0) is 37.0 Å². The van der Waals surface area contributed by atoms with E-state index in [0.717, 1.165) is 31.7 Å². The minimum absolute atomic E-state index is 0.0488. The summed E-state index contributed by atoms with van der Waals surface area (Å²) in [7, 11) is -4.07. The summed E-state index contributed by atoms with van der Waals surface area (Å²) in [6.07, 6.45) is 4.20. The largest absolute Gasteiger partial charge is 0.452 e. The van der Waals surface area contributed by atoms with Crippen LogP contribution in [0, 0.1) is 5.92 Å². The standard InChI is InChI=1S/C16H21ClN2O5S/c1-10-4-2-3-5-13(10)19-15(20)9-24-16(21)11-6-7-12(17)14(8-11)25(18,22)23/h6-8,10,13H,2-5,9H2,1H3,(H,19,20)(H2,18,22,23)/t10-,13+/m0/s1. The van der Waals surface area contributed by atoms with Gasteiger partial charge in [0.15, 0.2) is 6.61 Å². The van der Waals surface area contributed by atoms with Gasteiger partial charge >= 0.3 is 5.97 Å². The predicted octanol–water partition coefficient (Wildman–Crippen LogP) is 1.84. The van der Waals surface area contributed by atoms with Crippen LogP contribution in [0.1, 0.15) is 43.0 Å². The summed E-state index contributed by atoms with van der Waals surface area (Å²) in [5.41, 5.74) is -0.0488. The van der Waals surface area contributed by atoms with Crippen LogP contribution < -0.4 is 10.5 Å². The zero-order valence-electron chi connectivity index (χ0n) is 13.8. The second kappa shape index (κ2) is 8.16. The monoisotopic (exact) mass is 388 g/mol. The number of hydrogen-bond acceptors (Lipinski definition) is 5. The van der Waals surface area contributed by atoms with Gasteiger partial charge in [-0.25, -0.2) is 18.4 Å². The van der Waals surface area contributed by atoms with Crippen LogP contribution in [0.15, 0.2) is 23.1 Å². The highest BCUT2D eigenvalue weighted by molar-refractivity contribution is 7.89. The van der Waals surface area contributed by atoms with E-state index in [9.17, 15) is 18.0 Å². The second-order valence-corrected chi connectivity index (χ2v) is 8.14. The number of hydrogen-bond donors (Lipinski definition) is 2. The molecule has 1 fully saturated rings. The molecule has 1 aliphatic rings. The number of carbonyl (C=O) groups is 2. The van der Waals surface area contributed by atoms with Crippen molar-refractivity contribution < 1.29 is 22.7 Å². The van der Waals surface area contributed by atoms with Gasteiger partial charge in [0.25, 0.3) is 5.91 Å². The van der Waals surface area contributed by atoms with Crippen molar-refractivity contribution in [2.45, 2.75) is 43.5 Å². The lowest BCUT2D eigenvalue weighted by Crippen LogP contribution is -2.42. The number of esters is 1. The van der Waals surface area contributed by atoms with Gasteiger partial charge in [0.05, 0.1) is 10.6 Å². The molecule has 138 valence electrons. The molecular weight excluding hydrogens is 368 g/mol. The number of primary sulfonamides is 1. The first-order valence-corrected chi connectivity index (χ1v) is 9.89. The zero-order valence-corrected chi connectivity index (χ0v) is 15.4. The number of halogens is 1. The van der Waals surface area contributed by atoms with Crippen LogP contribution in [-0.2, 0) is 19.6 Å². The number of nitrogens with one attached hydrogen (secondary N) is 1. The maximum Gasteiger partial charge on any atom is 0.338 e. The average molecular weight is 389 g/mol. The topological polar surface area (TPSA) is 116 Å². The Morgan fingerprint density at radius 1 is 1.32 bits per heavy atom. The minimum atomic E-state index is -4.07. The molecule has 25 heavy (non-hydrogen) atoms. The number of rotatable bonds is 5. The van der Waals surface area contributed by atoms with Gasteiger partial charge in [0.1, 0.15) is 4.90 Å². The molecule has 1 amide bonds. The van der Waals surface area contributed by atoms with Crippen molar-refractivity contribution in [2.75, 3.05) is 6.61 Å². The highest BCUT2D eigenvalue weighted by Crippen LogP contribution is 2.24. The molecule has 1 aromatic rings. The van der Waals surface area contributed by atoms with E-state index in [2.05, 4.69) is 12.2 Å². The number of carbonyl (C=O) groups excluding carboxylic acids is 2. The minimum Gasteiger partial charge on any atom is -0.452 e. The molecule has 1 aliphatic carbocycles. The van der Waals surface area contributed by atoms with Crippen LogP contribution in [0.2, 0.25) is 5.02 Å². The van der Waals surface area contributed by atoms with Crippen molar-refractivity contribution in [1.29, 1.82) is 0 Å². The van der Waals surface area contributed by atoms with Crippen molar-refractivity contribution in [3.05, 3.63) is 28.8 Å². The molecule has 0 unspecified atom stereocenters. The van der Waals surface area contributed by atoms with Gasteiger partial charge in [0, 0.05) is 6.04 Å². The van der Waals surface area contributed by atoms with Crippen molar-refractivity contribution in [3.8, 4) is 0 Å². The lowest BCUT2D eigenvalue weighted by atomic mass is 9.86. The fourth-order valence-electron chi connectivity index (χ4n) is 2.84. The molecule has 0 saturated heterocycles. The summed E-state index contributed by atoms with van der Waals surface area (Å²) in [6.45, 7) is 1.65. The summed E-state index contributed by atoms with van der Waals surface area (Å²) in [5, 5.41) is 7.81. The molecule has 0 aliphatic heterocycles. The van der Waals surface area contributed by atoms with Crippen LogP contribution in [0.25, 0.3) is 0 Å². The molecule has 7 nitrogen and oxygen atoms in total. The normalized spacial score (nSPS) is 20.8. The van der Waals surface area contributed by atoms with Crippen LogP contribution in [0.5, 0.6) is 0 Å². The first-order chi connectivity index (χ1) is 11.7. The number of sulfonamides is 1. The highest BCUT2D eigenvalue weighted by Gasteiger charge is 2.23.